The molecule has 0 saturated carbocycles. The molecular weight excluding hydrogens is 360 g/mol. The quantitative estimate of drug-likeness (QED) is 0.525. The predicted molar refractivity (Wildman–Crippen MR) is 105 cm³/mol. The van der Waals surface area contributed by atoms with Gasteiger partial charge in [0.15, 0.2) is 0 Å². The van der Waals surface area contributed by atoms with E-state index in [-0.39, 0.29) is 5.56 Å². The molecule has 0 aliphatic rings. The van der Waals surface area contributed by atoms with Gasteiger partial charge in [-0.25, -0.2) is 4.79 Å². The van der Waals surface area contributed by atoms with E-state index in [0.29, 0.717) is 5.69 Å². The van der Waals surface area contributed by atoms with Crippen LogP contribution in [0.15, 0.2) is 60.7 Å². The zero-order chi connectivity index (χ0) is 20.8. The van der Waals surface area contributed by atoms with Crippen LogP contribution in [0.25, 0.3) is 0 Å². The molecule has 2 rings (SSSR count). The Bertz CT molecular complexity index is 831. The van der Waals surface area contributed by atoms with Crippen LogP contribution in [0.2, 0.25) is 0 Å². The van der Waals surface area contributed by atoms with Gasteiger partial charge in [-0.1, -0.05) is 48.5 Å². The molecule has 148 valence electrons. The first-order valence-corrected chi connectivity index (χ1v) is 8.77. The highest BCUT2D eigenvalue weighted by Gasteiger charge is 2.45. The van der Waals surface area contributed by atoms with Gasteiger partial charge in [0.25, 0.3) is 5.91 Å². The number of anilines is 1. The Hall–Kier alpha value is -3.19. The maximum Gasteiger partial charge on any atom is 0.407 e. The summed E-state index contributed by atoms with van der Waals surface area (Å²) in [5, 5.41) is 15.8. The minimum absolute atomic E-state index is 0.138. The number of aliphatic hydroxyl groups is 1. The van der Waals surface area contributed by atoms with Crippen molar-refractivity contribution in [3.63, 3.8) is 0 Å². The van der Waals surface area contributed by atoms with Gasteiger partial charge >= 0.3 is 6.09 Å². The lowest BCUT2D eigenvalue weighted by atomic mass is 9.91. The van der Waals surface area contributed by atoms with Crippen molar-refractivity contribution in [3.05, 3.63) is 66.2 Å². The van der Waals surface area contributed by atoms with Gasteiger partial charge in [0.2, 0.25) is 11.4 Å². The van der Waals surface area contributed by atoms with E-state index in [2.05, 4.69) is 10.6 Å². The maximum absolute atomic E-state index is 12.9. The second-order valence-electron chi connectivity index (χ2n) is 7.23. The Labute approximate surface area is 163 Å². The van der Waals surface area contributed by atoms with E-state index in [1.54, 1.807) is 69.3 Å². The third-order valence-electron chi connectivity index (χ3n) is 3.71. The van der Waals surface area contributed by atoms with Crippen molar-refractivity contribution in [1.29, 1.82) is 0 Å². The molecule has 0 fully saturated rings. The monoisotopic (exact) mass is 384 g/mol. The highest BCUT2D eigenvalue weighted by Crippen LogP contribution is 2.17. The molecule has 2 amide bonds. The highest BCUT2D eigenvalue weighted by atomic mass is 16.6. The van der Waals surface area contributed by atoms with Gasteiger partial charge < -0.3 is 20.5 Å². The molecule has 7 nitrogen and oxygen atoms in total. The molecule has 2 aromatic carbocycles. The van der Waals surface area contributed by atoms with E-state index in [4.69, 9.17) is 4.74 Å². The molecule has 2 aromatic rings. The van der Waals surface area contributed by atoms with Gasteiger partial charge in [-0.3, -0.25) is 9.59 Å². The van der Waals surface area contributed by atoms with E-state index in [1.807, 2.05) is 0 Å². The SMILES string of the molecule is CC(C)(C)OC(=O)NC[C@](O)(C(=O)Nc1ccccc1)C(=O)c1ccccc1. The molecule has 0 spiro atoms. The van der Waals surface area contributed by atoms with E-state index in [0.717, 1.165) is 0 Å². The number of hydrogen-bond acceptors (Lipinski definition) is 5. The third kappa shape index (κ3) is 5.65. The molecule has 7 heteroatoms. The van der Waals surface area contributed by atoms with Gasteiger partial charge in [-0.05, 0) is 32.9 Å². The van der Waals surface area contributed by atoms with Gasteiger partial charge in [0.05, 0.1) is 6.54 Å². The summed E-state index contributed by atoms with van der Waals surface area (Å²) in [6.45, 7) is 4.39. The first-order chi connectivity index (χ1) is 13.1. The first-order valence-electron chi connectivity index (χ1n) is 8.77. The summed E-state index contributed by atoms with van der Waals surface area (Å²) in [6, 6.07) is 16.3. The van der Waals surface area contributed by atoms with Crippen LogP contribution in [-0.2, 0) is 9.53 Å². The second kappa shape index (κ2) is 8.67. The fourth-order valence-corrected chi connectivity index (χ4v) is 2.36. The van der Waals surface area contributed by atoms with Crippen LogP contribution in [0.1, 0.15) is 31.1 Å². The van der Waals surface area contributed by atoms with Crippen LogP contribution in [0.4, 0.5) is 10.5 Å². The molecular formula is C21H24N2O5. The van der Waals surface area contributed by atoms with E-state index in [1.165, 1.54) is 12.1 Å². The average Bonchev–Trinajstić information content (AvgIpc) is 2.65. The summed E-state index contributed by atoms with van der Waals surface area (Å²) in [7, 11) is 0. The lowest BCUT2D eigenvalue weighted by Gasteiger charge is -2.27. The van der Waals surface area contributed by atoms with Crippen LogP contribution in [0.5, 0.6) is 0 Å². The summed E-state index contributed by atoms with van der Waals surface area (Å²) in [5.74, 6) is -1.79. The van der Waals surface area contributed by atoms with Crippen molar-refractivity contribution in [2.75, 3.05) is 11.9 Å². The van der Waals surface area contributed by atoms with Gasteiger partial charge in [0.1, 0.15) is 5.60 Å². The molecule has 28 heavy (non-hydrogen) atoms. The van der Waals surface area contributed by atoms with Gasteiger partial charge in [-0.2, -0.15) is 0 Å². The number of ketones is 1. The van der Waals surface area contributed by atoms with Crippen molar-refractivity contribution in [2.45, 2.75) is 32.0 Å². The molecule has 0 aliphatic carbocycles. The number of rotatable bonds is 6. The minimum Gasteiger partial charge on any atom is -0.444 e. The highest BCUT2D eigenvalue weighted by molar-refractivity contribution is 6.20. The largest absolute Gasteiger partial charge is 0.444 e. The van der Waals surface area contributed by atoms with Crippen molar-refractivity contribution >= 4 is 23.5 Å². The first kappa shape index (κ1) is 21.1. The van der Waals surface area contributed by atoms with Crippen molar-refractivity contribution < 1.29 is 24.2 Å². The molecule has 0 heterocycles. The Kier molecular flexibility index (Phi) is 6.53. The Morgan fingerprint density at radius 1 is 0.929 bits per heavy atom. The normalized spacial score (nSPS) is 13.1. The van der Waals surface area contributed by atoms with E-state index >= 15 is 0 Å². The van der Waals surface area contributed by atoms with Crippen molar-refractivity contribution in [3.8, 4) is 0 Å². The average molecular weight is 384 g/mol. The fraction of sp³-hybridized carbons (Fsp3) is 0.286. The van der Waals surface area contributed by atoms with Gasteiger partial charge in [0, 0.05) is 11.3 Å². The maximum atomic E-state index is 12.9. The van der Waals surface area contributed by atoms with Crippen LogP contribution < -0.4 is 10.6 Å². The van der Waals surface area contributed by atoms with Crippen LogP contribution in [-0.4, -0.2) is 40.6 Å². The minimum atomic E-state index is -2.52. The molecule has 0 aliphatic heterocycles. The second-order valence-corrected chi connectivity index (χ2v) is 7.23. The van der Waals surface area contributed by atoms with E-state index in [9.17, 15) is 19.5 Å². The summed E-state index contributed by atoms with van der Waals surface area (Å²) in [6.07, 6.45) is -0.848. The van der Waals surface area contributed by atoms with Crippen LogP contribution >= 0.6 is 0 Å². The number of nitrogens with one attached hydrogen (secondary N) is 2. The lowest BCUT2D eigenvalue weighted by Crippen LogP contribution is -2.57. The molecule has 0 saturated heterocycles. The molecule has 0 bridgehead atoms. The predicted octanol–water partition coefficient (Wildman–Crippen LogP) is 2.76. The Morgan fingerprint density at radius 3 is 2.00 bits per heavy atom. The molecule has 0 aromatic heterocycles. The summed E-state index contributed by atoms with van der Waals surface area (Å²) < 4.78 is 5.11. The Balaban J connectivity index is 2.25. The number of alkyl carbamates (subject to hydrolysis) is 1. The fourth-order valence-electron chi connectivity index (χ4n) is 2.36. The summed E-state index contributed by atoms with van der Waals surface area (Å²) in [4.78, 5) is 37.6. The third-order valence-corrected chi connectivity index (χ3v) is 3.71. The zero-order valence-corrected chi connectivity index (χ0v) is 16.1. The number of benzene rings is 2. The van der Waals surface area contributed by atoms with Crippen LogP contribution in [0.3, 0.4) is 0 Å². The van der Waals surface area contributed by atoms with Gasteiger partial charge in [-0.15, -0.1) is 0 Å². The number of carbonyl (C=O) groups excluding carboxylic acids is 3. The zero-order valence-electron chi connectivity index (χ0n) is 16.1. The van der Waals surface area contributed by atoms with Crippen LogP contribution in [0, 0.1) is 0 Å². The van der Waals surface area contributed by atoms with Crippen molar-refractivity contribution in [2.24, 2.45) is 0 Å². The topological polar surface area (TPSA) is 105 Å². The number of hydrogen-bond donors (Lipinski definition) is 3. The smallest absolute Gasteiger partial charge is 0.407 e. The van der Waals surface area contributed by atoms with E-state index < -0.39 is 35.5 Å². The number of Topliss-reactive ketones (excluding diaryl/α,β-unsaturated/α-hetero) is 1. The van der Waals surface area contributed by atoms with Crippen molar-refractivity contribution in [1.82, 2.24) is 5.32 Å². The molecule has 0 unspecified atom stereocenters. The molecule has 3 N–H and O–H groups in total. The Morgan fingerprint density at radius 2 is 1.46 bits per heavy atom. The number of para-hydroxylation sites is 1. The summed E-state index contributed by atoms with van der Waals surface area (Å²) >= 11 is 0. The lowest BCUT2D eigenvalue weighted by molar-refractivity contribution is -0.129. The summed E-state index contributed by atoms with van der Waals surface area (Å²) in [5.41, 5.74) is -2.74. The molecule has 0 radical (unpaired) electrons. The number of amides is 2. The standard InChI is InChI=1S/C21H24N2O5/c1-20(2,3)28-19(26)22-14-21(27,17(24)15-10-6-4-7-11-15)18(25)23-16-12-8-5-9-13-16/h4-13,27H,14H2,1-3H3,(H,22,26)(H,23,25)/t21-/m1/s1. The molecule has 1 atom stereocenters. The number of ether oxygens (including phenoxy) is 1. The number of carbonyl (C=O) groups is 3.